The van der Waals surface area contributed by atoms with Gasteiger partial charge in [0.05, 0.1) is 36.4 Å². The van der Waals surface area contributed by atoms with Crippen molar-refractivity contribution in [2.45, 2.75) is 19.8 Å². The Morgan fingerprint density at radius 1 is 1.14 bits per heavy atom. The van der Waals surface area contributed by atoms with Crippen LogP contribution in [0.25, 0.3) is 0 Å². The van der Waals surface area contributed by atoms with Crippen LogP contribution in [-0.2, 0) is 9.53 Å². The van der Waals surface area contributed by atoms with Gasteiger partial charge in [0.2, 0.25) is 5.91 Å². The van der Waals surface area contributed by atoms with Crippen LogP contribution in [0.15, 0.2) is 42.5 Å². The van der Waals surface area contributed by atoms with Crippen molar-refractivity contribution in [3.8, 4) is 5.75 Å². The van der Waals surface area contributed by atoms with Crippen LogP contribution in [0, 0.1) is 10.1 Å². The molecule has 2 aromatic rings. The summed E-state index contributed by atoms with van der Waals surface area (Å²) in [5.74, 6) is -0.387. The van der Waals surface area contributed by atoms with Gasteiger partial charge in [-0.15, -0.1) is 0 Å². The van der Waals surface area contributed by atoms with Crippen molar-refractivity contribution in [1.82, 2.24) is 0 Å². The van der Waals surface area contributed by atoms with Crippen molar-refractivity contribution in [3.63, 3.8) is 0 Å². The standard InChI is InChI=1S/C20H23N3O6/c1-3-4-11-29-20(25)14-5-7-15(8-6-14)22-19(24)13-21-17-12-16(23(26)27)9-10-18(17)28-2/h5-10,12,21H,3-4,11,13H2,1-2H3,(H,22,24). The van der Waals surface area contributed by atoms with E-state index >= 15 is 0 Å². The zero-order valence-electron chi connectivity index (χ0n) is 16.3. The molecule has 9 nitrogen and oxygen atoms in total. The number of hydrogen-bond acceptors (Lipinski definition) is 7. The first kappa shape index (κ1) is 21.7. The van der Waals surface area contributed by atoms with E-state index in [0.717, 1.165) is 12.8 Å². The molecule has 0 aliphatic rings. The largest absolute Gasteiger partial charge is 0.495 e. The summed E-state index contributed by atoms with van der Waals surface area (Å²) in [6, 6.07) is 10.4. The first-order valence-corrected chi connectivity index (χ1v) is 9.08. The number of ether oxygens (including phenoxy) is 2. The van der Waals surface area contributed by atoms with Gasteiger partial charge in [0.1, 0.15) is 5.75 Å². The molecule has 0 heterocycles. The van der Waals surface area contributed by atoms with E-state index in [0.29, 0.717) is 29.3 Å². The number of nitrogens with one attached hydrogen (secondary N) is 2. The highest BCUT2D eigenvalue weighted by Gasteiger charge is 2.13. The maximum atomic E-state index is 12.2. The van der Waals surface area contributed by atoms with Crippen molar-refractivity contribution in [1.29, 1.82) is 0 Å². The summed E-state index contributed by atoms with van der Waals surface area (Å²) < 4.78 is 10.3. The second-order valence-electron chi connectivity index (χ2n) is 6.11. The average Bonchev–Trinajstić information content (AvgIpc) is 2.72. The van der Waals surface area contributed by atoms with Crippen LogP contribution >= 0.6 is 0 Å². The smallest absolute Gasteiger partial charge is 0.338 e. The van der Waals surface area contributed by atoms with Gasteiger partial charge in [0.15, 0.2) is 0 Å². The molecule has 154 valence electrons. The van der Waals surface area contributed by atoms with Gasteiger partial charge < -0.3 is 20.1 Å². The lowest BCUT2D eigenvalue weighted by Gasteiger charge is -2.11. The summed E-state index contributed by atoms with van der Waals surface area (Å²) in [4.78, 5) is 34.4. The minimum absolute atomic E-state index is 0.116. The minimum Gasteiger partial charge on any atom is -0.495 e. The molecule has 0 bridgehead atoms. The molecule has 0 aromatic heterocycles. The Morgan fingerprint density at radius 2 is 1.86 bits per heavy atom. The third kappa shape index (κ3) is 6.49. The molecule has 0 saturated carbocycles. The maximum absolute atomic E-state index is 12.2. The van der Waals surface area contributed by atoms with Gasteiger partial charge in [-0.2, -0.15) is 0 Å². The Kier molecular flexibility index (Phi) is 7.96. The van der Waals surface area contributed by atoms with E-state index in [9.17, 15) is 19.7 Å². The fourth-order valence-corrected chi connectivity index (χ4v) is 2.41. The number of amides is 1. The zero-order valence-corrected chi connectivity index (χ0v) is 16.3. The van der Waals surface area contributed by atoms with Crippen LogP contribution in [0.1, 0.15) is 30.1 Å². The molecule has 1 amide bonds. The quantitative estimate of drug-likeness (QED) is 0.270. The highest BCUT2D eigenvalue weighted by atomic mass is 16.6. The summed E-state index contributed by atoms with van der Waals surface area (Å²) in [6.45, 7) is 2.26. The Labute approximate surface area is 168 Å². The van der Waals surface area contributed by atoms with Crippen LogP contribution < -0.4 is 15.4 Å². The van der Waals surface area contributed by atoms with Crippen molar-refractivity contribution in [3.05, 3.63) is 58.1 Å². The Hall–Kier alpha value is -3.62. The number of non-ortho nitro benzene ring substituents is 1. The molecular formula is C20H23N3O6. The van der Waals surface area contributed by atoms with E-state index in [4.69, 9.17) is 9.47 Å². The summed E-state index contributed by atoms with van der Waals surface area (Å²) in [6.07, 6.45) is 1.75. The van der Waals surface area contributed by atoms with Gasteiger partial charge in [-0.3, -0.25) is 14.9 Å². The second kappa shape index (κ2) is 10.6. The number of nitrogens with zero attached hydrogens (tertiary/aromatic N) is 1. The highest BCUT2D eigenvalue weighted by Crippen LogP contribution is 2.28. The zero-order chi connectivity index (χ0) is 21.2. The van der Waals surface area contributed by atoms with E-state index < -0.39 is 10.9 Å². The Bertz CT molecular complexity index is 867. The molecule has 0 saturated heterocycles. The number of anilines is 2. The third-order valence-electron chi connectivity index (χ3n) is 3.97. The van der Waals surface area contributed by atoms with Gasteiger partial charge in [0.25, 0.3) is 5.69 Å². The van der Waals surface area contributed by atoms with Gasteiger partial charge in [-0.05, 0) is 36.8 Å². The number of hydrogen-bond donors (Lipinski definition) is 2. The van der Waals surface area contributed by atoms with E-state index in [2.05, 4.69) is 10.6 Å². The average molecular weight is 401 g/mol. The number of nitro groups is 1. The molecule has 0 aliphatic heterocycles. The summed E-state index contributed by atoms with van der Waals surface area (Å²) in [5, 5.41) is 16.4. The molecule has 0 atom stereocenters. The Balaban J connectivity index is 1.92. The van der Waals surface area contributed by atoms with Crippen molar-refractivity contribution < 1.29 is 24.0 Å². The van der Waals surface area contributed by atoms with E-state index in [1.165, 1.54) is 25.3 Å². The number of carbonyl (C=O) groups excluding carboxylic acids is 2. The fourth-order valence-electron chi connectivity index (χ4n) is 2.41. The van der Waals surface area contributed by atoms with E-state index in [-0.39, 0.29) is 18.1 Å². The van der Waals surface area contributed by atoms with Gasteiger partial charge in [-0.1, -0.05) is 13.3 Å². The number of carbonyl (C=O) groups is 2. The molecule has 0 spiro atoms. The second-order valence-corrected chi connectivity index (χ2v) is 6.11. The fraction of sp³-hybridized carbons (Fsp3) is 0.300. The molecule has 9 heteroatoms. The molecule has 0 unspecified atom stereocenters. The van der Waals surface area contributed by atoms with Crippen LogP contribution in [0.3, 0.4) is 0 Å². The molecular weight excluding hydrogens is 378 g/mol. The normalized spacial score (nSPS) is 10.1. The Morgan fingerprint density at radius 3 is 2.48 bits per heavy atom. The molecule has 2 N–H and O–H groups in total. The van der Waals surface area contributed by atoms with Gasteiger partial charge >= 0.3 is 5.97 Å². The van der Waals surface area contributed by atoms with Gasteiger partial charge in [0, 0.05) is 17.8 Å². The summed E-state index contributed by atoms with van der Waals surface area (Å²) >= 11 is 0. The minimum atomic E-state index is -0.528. The first-order chi connectivity index (χ1) is 13.9. The topological polar surface area (TPSA) is 120 Å². The van der Waals surface area contributed by atoms with E-state index in [1.54, 1.807) is 24.3 Å². The third-order valence-corrected chi connectivity index (χ3v) is 3.97. The highest BCUT2D eigenvalue weighted by molar-refractivity contribution is 5.95. The number of unbranched alkanes of at least 4 members (excludes halogenated alkanes) is 1. The predicted octanol–water partition coefficient (Wildman–Crippen LogP) is 3.61. The van der Waals surface area contributed by atoms with Crippen LogP contribution in [0.2, 0.25) is 0 Å². The summed E-state index contributed by atoms with van der Waals surface area (Å²) in [7, 11) is 1.43. The molecule has 0 aliphatic carbocycles. The van der Waals surface area contributed by atoms with Gasteiger partial charge in [-0.25, -0.2) is 4.79 Å². The number of esters is 1. The van der Waals surface area contributed by atoms with Crippen molar-refractivity contribution in [2.75, 3.05) is 30.9 Å². The molecule has 2 aromatic carbocycles. The maximum Gasteiger partial charge on any atom is 0.338 e. The molecule has 0 fully saturated rings. The number of nitro benzene ring substituents is 1. The van der Waals surface area contributed by atoms with Crippen molar-refractivity contribution >= 4 is 28.9 Å². The first-order valence-electron chi connectivity index (χ1n) is 9.08. The molecule has 2 rings (SSSR count). The van der Waals surface area contributed by atoms with E-state index in [1.807, 2.05) is 6.92 Å². The monoisotopic (exact) mass is 401 g/mol. The summed E-state index contributed by atoms with van der Waals surface area (Å²) in [5.41, 5.74) is 1.13. The lowest BCUT2D eigenvalue weighted by Crippen LogP contribution is -2.22. The van der Waals surface area contributed by atoms with Crippen LogP contribution in [0.5, 0.6) is 5.75 Å². The molecule has 29 heavy (non-hydrogen) atoms. The van der Waals surface area contributed by atoms with Crippen LogP contribution in [-0.4, -0.2) is 37.1 Å². The lowest BCUT2D eigenvalue weighted by molar-refractivity contribution is -0.384. The SMILES string of the molecule is CCCCOC(=O)c1ccc(NC(=O)CNc2cc([N+](=O)[O-])ccc2OC)cc1. The lowest BCUT2D eigenvalue weighted by atomic mass is 10.2. The predicted molar refractivity (Wildman–Crippen MR) is 108 cm³/mol. The number of rotatable bonds is 10. The number of benzene rings is 2. The molecule has 0 radical (unpaired) electrons. The van der Waals surface area contributed by atoms with Crippen LogP contribution in [0.4, 0.5) is 17.1 Å². The number of methoxy groups -OCH3 is 1. The van der Waals surface area contributed by atoms with Crippen molar-refractivity contribution in [2.24, 2.45) is 0 Å².